The summed E-state index contributed by atoms with van der Waals surface area (Å²) >= 11 is 0. The standard InChI is InChI=1S/C14H19N3O5/c1-13(2,3)22-12(19)16-14(4,11(15)18)9-5-7-10(8-6-9)17(20)21/h5-8H,1-4H3,(H2,15,18)(H,16,19)/t14-/m1/s1. The number of carbonyl (C=O) groups is 2. The number of hydrogen-bond donors (Lipinski definition) is 2. The molecule has 0 saturated carbocycles. The molecule has 0 aromatic heterocycles. The largest absolute Gasteiger partial charge is 0.444 e. The van der Waals surface area contributed by atoms with Gasteiger partial charge in [-0.3, -0.25) is 14.9 Å². The van der Waals surface area contributed by atoms with Crippen molar-refractivity contribution in [3.05, 3.63) is 39.9 Å². The fraction of sp³-hybridized carbons (Fsp3) is 0.429. The molecule has 0 unspecified atom stereocenters. The van der Waals surface area contributed by atoms with Crippen molar-refractivity contribution >= 4 is 17.7 Å². The van der Waals surface area contributed by atoms with Crippen molar-refractivity contribution in [2.24, 2.45) is 5.73 Å². The number of amides is 2. The number of nitro benzene ring substituents is 1. The lowest BCUT2D eigenvalue weighted by Gasteiger charge is -2.29. The van der Waals surface area contributed by atoms with Gasteiger partial charge in [0, 0.05) is 12.1 Å². The zero-order valence-electron chi connectivity index (χ0n) is 12.9. The summed E-state index contributed by atoms with van der Waals surface area (Å²) in [4.78, 5) is 33.7. The Labute approximate surface area is 127 Å². The predicted octanol–water partition coefficient (Wildman–Crippen LogP) is 1.82. The van der Waals surface area contributed by atoms with Gasteiger partial charge in [0.05, 0.1) is 4.92 Å². The molecule has 2 amide bonds. The van der Waals surface area contributed by atoms with Crippen LogP contribution in [0.2, 0.25) is 0 Å². The van der Waals surface area contributed by atoms with Gasteiger partial charge >= 0.3 is 6.09 Å². The Kier molecular flexibility index (Phi) is 4.75. The average Bonchev–Trinajstić information content (AvgIpc) is 2.36. The zero-order chi connectivity index (χ0) is 17.1. The van der Waals surface area contributed by atoms with E-state index in [-0.39, 0.29) is 5.69 Å². The van der Waals surface area contributed by atoms with Crippen LogP contribution in [0.15, 0.2) is 24.3 Å². The third kappa shape index (κ3) is 4.18. The summed E-state index contributed by atoms with van der Waals surface area (Å²) in [5.41, 5.74) is 3.27. The van der Waals surface area contributed by atoms with E-state index in [1.165, 1.54) is 31.2 Å². The number of primary amides is 1. The zero-order valence-corrected chi connectivity index (χ0v) is 12.9. The molecule has 0 spiro atoms. The molecule has 0 saturated heterocycles. The molecule has 1 aromatic rings. The fourth-order valence-electron chi connectivity index (χ4n) is 1.70. The van der Waals surface area contributed by atoms with Crippen molar-refractivity contribution in [1.82, 2.24) is 5.32 Å². The van der Waals surface area contributed by atoms with Crippen LogP contribution < -0.4 is 11.1 Å². The molecule has 0 heterocycles. The van der Waals surface area contributed by atoms with Crippen LogP contribution in [0.25, 0.3) is 0 Å². The normalized spacial score (nSPS) is 13.8. The van der Waals surface area contributed by atoms with E-state index in [1.54, 1.807) is 20.8 Å². The molecule has 0 aliphatic carbocycles. The van der Waals surface area contributed by atoms with Crippen molar-refractivity contribution in [2.45, 2.75) is 38.8 Å². The van der Waals surface area contributed by atoms with Gasteiger partial charge in [0.15, 0.2) is 0 Å². The number of nitrogens with two attached hydrogens (primary N) is 1. The number of ether oxygens (including phenoxy) is 1. The summed E-state index contributed by atoms with van der Waals surface area (Å²) in [5, 5.41) is 13.1. The minimum absolute atomic E-state index is 0.132. The van der Waals surface area contributed by atoms with Gasteiger partial charge in [-0.15, -0.1) is 0 Å². The van der Waals surface area contributed by atoms with Gasteiger partial charge in [-0.1, -0.05) is 0 Å². The van der Waals surface area contributed by atoms with E-state index in [2.05, 4.69) is 5.32 Å². The molecule has 0 fully saturated rings. The number of rotatable bonds is 4. The van der Waals surface area contributed by atoms with Crippen LogP contribution in [0.5, 0.6) is 0 Å². The highest BCUT2D eigenvalue weighted by atomic mass is 16.6. The maximum absolute atomic E-state index is 11.9. The molecule has 1 rings (SSSR count). The smallest absolute Gasteiger partial charge is 0.408 e. The number of alkyl carbamates (subject to hydrolysis) is 1. The fourth-order valence-corrected chi connectivity index (χ4v) is 1.70. The van der Waals surface area contributed by atoms with E-state index >= 15 is 0 Å². The molecule has 8 nitrogen and oxygen atoms in total. The van der Waals surface area contributed by atoms with Crippen molar-refractivity contribution in [1.29, 1.82) is 0 Å². The van der Waals surface area contributed by atoms with E-state index in [4.69, 9.17) is 10.5 Å². The summed E-state index contributed by atoms with van der Waals surface area (Å²) in [6.07, 6.45) is -0.813. The van der Waals surface area contributed by atoms with Crippen LogP contribution in [0.4, 0.5) is 10.5 Å². The first kappa shape index (κ1) is 17.4. The number of nitrogens with zero attached hydrogens (tertiary/aromatic N) is 1. The summed E-state index contributed by atoms with van der Waals surface area (Å²) < 4.78 is 5.10. The Balaban J connectivity index is 3.08. The van der Waals surface area contributed by atoms with Crippen LogP contribution in [-0.4, -0.2) is 22.5 Å². The Morgan fingerprint density at radius 2 is 1.68 bits per heavy atom. The van der Waals surface area contributed by atoms with Crippen molar-refractivity contribution < 1.29 is 19.2 Å². The molecular formula is C14H19N3O5. The number of hydrogen-bond acceptors (Lipinski definition) is 5. The van der Waals surface area contributed by atoms with Gasteiger partial charge in [-0.25, -0.2) is 4.79 Å². The van der Waals surface area contributed by atoms with Gasteiger partial charge < -0.3 is 15.8 Å². The second-order valence-corrected chi connectivity index (χ2v) is 5.92. The van der Waals surface area contributed by atoms with Crippen LogP contribution in [0.3, 0.4) is 0 Å². The van der Waals surface area contributed by atoms with Crippen molar-refractivity contribution in [3.63, 3.8) is 0 Å². The van der Waals surface area contributed by atoms with Gasteiger partial charge in [-0.05, 0) is 45.4 Å². The van der Waals surface area contributed by atoms with E-state index < -0.39 is 28.1 Å². The molecule has 1 atom stereocenters. The first-order valence-corrected chi connectivity index (χ1v) is 6.52. The van der Waals surface area contributed by atoms with Gasteiger partial charge in [0.2, 0.25) is 5.91 Å². The van der Waals surface area contributed by atoms with Gasteiger partial charge in [0.1, 0.15) is 11.1 Å². The molecule has 0 radical (unpaired) electrons. The Morgan fingerprint density at radius 3 is 2.05 bits per heavy atom. The lowest BCUT2D eigenvalue weighted by atomic mass is 9.91. The second-order valence-electron chi connectivity index (χ2n) is 5.92. The highest BCUT2D eigenvalue weighted by Gasteiger charge is 2.36. The summed E-state index contributed by atoms with van der Waals surface area (Å²) in [5.74, 6) is -0.813. The van der Waals surface area contributed by atoms with E-state index in [9.17, 15) is 19.7 Å². The molecular weight excluding hydrogens is 290 g/mol. The number of nitro groups is 1. The molecule has 1 aromatic carbocycles. The minimum atomic E-state index is -1.54. The predicted molar refractivity (Wildman–Crippen MR) is 79.0 cm³/mol. The molecule has 3 N–H and O–H groups in total. The summed E-state index contributed by atoms with van der Waals surface area (Å²) in [7, 11) is 0. The number of benzene rings is 1. The minimum Gasteiger partial charge on any atom is -0.444 e. The maximum Gasteiger partial charge on any atom is 0.408 e. The third-order valence-corrected chi connectivity index (χ3v) is 2.90. The van der Waals surface area contributed by atoms with Gasteiger partial charge in [0.25, 0.3) is 5.69 Å². The quantitative estimate of drug-likeness (QED) is 0.648. The summed E-state index contributed by atoms with van der Waals surface area (Å²) in [6.45, 7) is 6.45. The highest BCUT2D eigenvalue weighted by Crippen LogP contribution is 2.24. The highest BCUT2D eigenvalue weighted by molar-refractivity contribution is 5.89. The topological polar surface area (TPSA) is 125 Å². The number of nitrogens with one attached hydrogen (secondary N) is 1. The number of non-ortho nitro benzene ring substituents is 1. The lowest BCUT2D eigenvalue weighted by Crippen LogP contribution is -2.53. The van der Waals surface area contributed by atoms with Crippen LogP contribution in [-0.2, 0) is 15.1 Å². The number of carbonyl (C=O) groups excluding carboxylic acids is 2. The molecule has 0 aliphatic heterocycles. The monoisotopic (exact) mass is 309 g/mol. The molecule has 0 aliphatic rings. The van der Waals surface area contributed by atoms with Gasteiger partial charge in [-0.2, -0.15) is 0 Å². The van der Waals surface area contributed by atoms with Crippen LogP contribution in [0.1, 0.15) is 33.3 Å². The van der Waals surface area contributed by atoms with Crippen molar-refractivity contribution in [3.8, 4) is 0 Å². The molecule has 8 heteroatoms. The molecule has 0 bridgehead atoms. The van der Waals surface area contributed by atoms with E-state index in [0.717, 1.165) is 0 Å². The van der Waals surface area contributed by atoms with E-state index in [0.29, 0.717) is 5.56 Å². The third-order valence-electron chi connectivity index (χ3n) is 2.90. The van der Waals surface area contributed by atoms with Crippen LogP contribution >= 0.6 is 0 Å². The first-order valence-electron chi connectivity index (χ1n) is 6.52. The van der Waals surface area contributed by atoms with E-state index in [1.807, 2.05) is 0 Å². The second kappa shape index (κ2) is 6.00. The average molecular weight is 309 g/mol. The lowest BCUT2D eigenvalue weighted by molar-refractivity contribution is -0.384. The summed E-state index contributed by atoms with van der Waals surface area (Å²) in [6, 6.07) is 5.18. The Bertz CT molecular complexity index is 591. The molecule has 22 heavy (non-hydrogen) atoms. The first-order chi connectivity index (χ1) is 9.95. The SMILES string of the molecule is CC(C)(C)OC(=O)N[C@@](C)(C(N)=O)c1ccc([N+](=O)[O-])cc1. The molecule has 120 valence electrons. The van der Waals surface area contributed by atoms with Crippen LogP contribution in [0, 0.1) is 10.1 Å². The Hall–Kier alpha value is -2.64. The Morgan fingerprint density at radius 1 is 1.18 bits per heavy atom. The maximum atomic E-state index is 11.9. The van der Waals surface area contributed by atoms with Crippen molar-refractivity contribution in [2.75, 3.05) is 0 Å².